The van der Waals surface area contributed by atoms with E-state index in [1.165, 1.54) is 7.11 Å². The standard InChI is InChI=1S/C12H24O3/c1-9(2)7-12(8-14-5,10(3)4)11(13)15-6/h9-10H,7-8H2,1-6H3. The van der Waals surface area contributed by atoms with Crippen LogP contribution in [0.25, 0.3) is 0 Å². The van der Waals surface area contributed by atoms with Crippen molar-refractivity contribution in [1.29, 1.82) is 0 Å². The van der Waals surface area contributed by atoms with Crippen molar-refractivity contribution in [3.63, 3.8) is 0 Å². The predicted octanol–water partition coefficient (Wildman–Crippen LogP) is 2.49. The Kier molecular flexibility index (Phi) is 5.88. The molecule has 0 heterocycles. The van der Waals surface area contributed by atoms with Crippen LogP contribution in [0, 0.1) is 17.3 Å². The normalized spacial score (nSPS) is 15.5. The molecule has 3 heteroatoms. The minimum absolute atomic E-state index is 0.159. The maximum absolute atomic E-state index is 11.9. The van der Waals surface area contributed by atoms with E-state index < -0.39 is 5.41 Å². The third-order valence-electron chi connectivity index (χ3n) is 2.87. The number of carbonyl (C=O) groups excluding carboxylic acids is 1. The van der Waals surface area contributed by atoms with Crippen molar-refractivity contribution in [3.8, 4) is 0 Å². The molecule has 0 N–H and O–H groups in total. The summed E-state index contributed by atoms with van der Waals surface area (Å²) in [5.74, 6) is 0.502. The summed E-state index contributed by atoms with van der Waals surface area (Å²) in [4.78, 5) is 11.9. The van der Waals surface area contributed by atoms with Gasteiger partial charge in [-0.05, 0) is 18.3 Å². The fourth-order valence-corrected chi connectivity index (χ4v) is 2.03. The van der Waals surface area contributed by atoms with Crippen LogP contribution in [0.1, 0.15) is 34.1 Å². The van der Waals surface area contributed by atoms with Gasteiger partial charge in [0.2, 0.25) is 0 Å². The van der Waals surface area contributed by atoms with Gasteiger partial charge >= 0.3 is 5.97 Å². The molecule has 15 heavy (non-hydrogen) atoms. The molecule has 1 unspecified atom stereocenters. The van der Waals surface area contributed by atoms with E-state index in [-0.39, 0.29) is 11.9 Å². The molecule has 0 radical (unpaired) electrons. The summed E-state index contributed by atoms with van der Waals surface area (Å²) < 4.78 is 10.1. The van der Waals surface area contributed by atoms with Crippen LogP contribution in [0.4, 0.5) is 0 Å². The third-order valence-corrected chi connectivity index (χ3v) is 2.87. The molecule has 0 aromatic rings. The fraction of sp³-hybridized carbons (Fsp3) is 0.917. The van der Waals surface area contributed by atoms with Gasteiger partial charge in [0.15, 0.2) is 0 Å². The minimum atomic E-state index is -0.502. The Hall–Kier alpha value is -0.570. The van der Waals surface area contributed by atoms with Crippen LogP contribution in [-0.2, 0) is 14.3 Å². The zero-order valence-corrected chi connectivity index (χ0v) is 10.8. The second-order valence-electron chi connectivity index (χ2n) is 4.83. The lowest BCUT2D eigenvalue weighted by molar-refractivity contribution is -0.161. The van der Waals surface area contributed by atoms with Crippen molar-refractivity contribution in [2.45, 2.75) is 34.1 Å². The summed E-state index contributed by atoms with van der Waals surface area (Å²) in [5.41, 5.74) is -0.502. The summed E-state index contributed by atoms with van der Waals surface area (Å²) in [6.07, 6.45) is 0.797. The molecule has 0 rings (SSSR count). The van der Waals surface area contributed by atoms with E-state index in [0.29, 0.717) is 12.5 Å². The van der Waals surface area contributed by atoms with Gasteiger partial charge in [-0.2, -0.15) is 0 Å². The SMILES string of the molecule is COCC(CC(C)C)(C(=O)OC)C(C)C. The summed E-state index contributed by atoms with van der Waals surface area (Å²) >= 11 is 0. The number of rotatable bonds is 6. The van der Waals surface area contributed by atoms with Crippen molar-refractivity contribution in [1.82, 2.24) is 0 Å². The maximum Gasteiger partial charge on any atom is 0.314 e. The van der Waals surface area contributed by atoms with Crippen molar-refractivity contribution in [2.24, 2.45) is 17.3 Å². The molecule has 0 bridgehead atoms. The molecular formula is C12H24O3. The predicted molar refractivity (Wildman–Crippen MR) is 60.6 cm³/mol. The second-order valence-corrected chi connectivity index (χ2v) is 4.83. The number of methoxy groups -OCH3 is 2. The lowest BCUT2D eigenvalue weighted by atomic mass is 9.72. The Bertz CT molecular complexity index is 199. The topological polar surface area (TPSA) is 35.5 Å². The van der Waals surface area contributed by atoms with E-state index in [9.17, 15) is 4.79 Å². The highest BCUT2D eigenvalue weighted by Gasteiger charge is 2.43. The molecule has 0 aromatic heterocycles. The smallest absolute Gasteiger partial charge is 0.314 e. The van der Waals surface area contributed by atoms with Gasteiger partial charge in [-0.1, -0.05) is 27.7 Å². The van der Waals surface area contributed by atoms with E-state index in [4.69, 9.17) is 9.47 Å². The lowest BCUT2D eigenvalue weighted by Gasteiger charge is -2.35. The summed E-state index contributed by atoms with van der Waals surface area (Å²) in [7, 11) is 3.07. The van der Waals surface area contributed by atoms with Crippen molar-refractivity contribution >= 4 is 5.97 Å². The third kappa shape index (κ3) is 3.49. The molecule has 0 aliphatic heterocycles. The highest BCUT2D eigenvalue weighted by Crippen LogP contribution is 2.36. The van der Waals surface area contributed by atoms with Crippen LogP contribution in [0.2, 0.25) is 0 Å². The number of hydrogen-bond donors (Lipinski definition) is 0. The summed E-state index contributed by atoms with van der Waals surface area (Å²) in [6, 6.07) is 0. The Morgan fingerprint density at radius 2 is 1.73 bits per heavy atom. The Labute approximate surface area is 93.1 Å². The molecule has 0 amide bonds. The zero-order chi connectivity index (χ0) is 12.1. The molecule has 0 fully saturated rings. The molecule has 0 spiro atoms. The van der Waals surface area contributed by atoms with Gasteiger partial charge in [0, 0.05) is 7.11 Å². The van der Waals surface area contributed by atoms with E-state index in [2.05, 4.69) is 13.8 Å². The molecule has 1 atom stereocenters. The van der Waals surface area contributed by atoms with E-state index in [1.54, 1.807) is 7.11 Å². The van der Waals surface area contributed by atoms with E-state index in [0.717, 1.165) is 6.42 Å². The first-order chi connectivity index (χ1) is 6.90. The number of hydrogen-bond acceptors (Lipinski definition) is 3. The lowest BCUT2D eigenvalue weighted by Crippen LogP contribution is -2.42. The first-order valence-corrected chi connectivity index (χ1v) is 5.48. The largest absolute Gasteiger partial charge is 0.469 e. The van der Waals surface area contributed by atoms with Gasteiger partial charge in [0.1, 0.15) is 0 Å². The van der Waals surface area contributed by atoms with E-state index >= 15 is 0 Å². The van der Waals surface area contributed by atoms with Gasteiger partial charge in [0.05, 0.1) is 19.1 Å². The fourth-order valence-electron chi connectivity index (χ4n) is 2.03. The first-order valence-electron chi connectivity index (χ1n) is 5.48. The van der Waals surface area contributed by atoms with Crippen LogP contribution in [0.5, 0.6) is 0 Å². The number of esters is 1. The average molecular weight is 216 g/mol. The Morgan fingerprint density at radius 3 is 2.00 bits per heavy atom. The number of ether oxygens (including phenoxy) is 2. The second kappa shape index (κ2) is 6.11. The van der Waals surface area contributed by atoms with Gasteiger partial charge in [-0.15, -0.1) is 0 Å². The molecule has 0 aliphatic carbocycles. The first kappa shape index (κ1) is 14.4. The quantitative estimate of drug-likeness (QED) is 0.640. The van der Waals surface area contributed by atoms with Crippen LogP contribution in [0.3, 0.4) is 0 Å². The van der Waals surface area contributed by atoms with Crippen LogP contribution in [0.15, 0.2) is 0 Å². The van der Waals surface area contributed by atoms with Crippen molar-refractivity contribution in [2.75, 3.05) is 20.8 Å². The average Bonchev–Trinajstić information content (AvgIpc) is 2.14. The van der Waals surface area contributed by atoms with Gasteiger partial charge in [-0.3, -0.25) is 4.79 Å². The monoisotopic (exact) mass is 216 g/mol. The molecular weight excluding hydrogens is 192 g/mol. The van der Waals surface area contributed by atoms with Gasteiger partial charge in [0.25, 0.3) is 0 Å². The molecule has 0 aromatic carbocycles. The van der Waals surface area contributed by atoms with E-state index in [1.807, 2.05) is 13.8 Å². The number of carbonyl (C=O) groups is 1. The maximum atomic E-state index is 11.9. The van der Waals surface area contributed by atoms with Crippen molar-refractivity contribution in [3.05, 3.63) is 0 Å². The molecule has 0 aliphatic rings. The van der Waals surface area contributed by atoms with Crippen LogP contribution >= 0.6 is 0 Å². The molecule has 0 saturated carbocycles. The molecule has 0 saturated heterocycles. The Balaban J connectivity index is 4.97. The Morgan fingerprint density at radius 1 is 1.20 bits per heavy atom. The summed E-state index contributed by atoms with van der Waals surface area (Å²) in [6.45, 7) is 8.72. The highest BCUT2D eigenvalue weighted by atomic mass is 16.5. The molecule has 90 valence electrons. The van der Waals surface area contributed by atoms with Crippen LogP contribution < -0.4 is 0 Å². The van der Waals surface area contributed by atoms with Crippen molar-refractivity contribution < 1.29 is 14.3 Å². The zero-order valence-electron chi connectivity index (χ0n) is 10.8. The highest BCUT2D eigenvalue weighted by molar-refractivity contribution is 5.77. The van der Waals surface area contributed by atoms with Gasteiger partial charge < -0.3 is 9.47 Å². The molecule has 3 nitrogen and oxygen atoms in total. The van der Waals surface area contributed by atoms with Crippen LogP contribution in [-0.4, -0.2) is 26.8 Å². The van der Waals surface area contributed by atoms with Gasteiger partial charge in [-0.25, -0.2) is 0 Å². The minimum Gasteiger partial charge on any atom is -0.469 e. The summed E-state index contributed by atoms with van der Waals surface area (Å²) in [5, 5.41) is 0.